The maximum absolute atomic E-state index is 12.2. The molecule has 1 aromatic carbocycles. The van der Waals surface area contributed by atoms with Crippen molar-refractivity contribution in [3.8, 4) is 0 Å². The van der Waals surface area contributed by atoms with E-state index in [1.54, 1.807) is 17.6 Å². The molecule has 8 nitrogen and oxygen atoms in total. The summed E-state index contributed by atoms with van der Waals surface area (Å²) in [6, 6.07) is 4.06. The minimum absolute atomic E-state index is 0.0147. The summed E-state index contributed by atoms with van der Waals surface area (Å²) < 4.78 is 1.82. The Kier molecular flexibility index (Phi) is 4.65. The van der Waals surface area contributed by atoms with Crippen LogP contribution >= 0.6 is 0 Å². The predicted octanol–water partition coefficient (Wildman–Crippen LogP) is 0.0858. The summed E-state index contributed by atoms with van der Waals surface area (Å²) in [5.41, 5.74) is 4.92. The Morgan fingerprint density at radius 3 is 2.63 bits per heavy atom. The third kappa shape index (κ3) is 3.57. The van der Waals surface area contributed by atoms with Gasteiger partial charge in [-0.05, 0) is 36.1 Å². The lowest BCUT2D eigenvalue weighted by Crippen LogP contribution is -2.65. The summed E-state index contributed by atoms with van der Waals surface area (Å²) in [6.07, 6.45) is 3.26. The van der Waals surface area contributed by atoms with Crippen LogP contribution in [0, 0.1) is 13.8 Å². The zero-order valence-corrected chi connectivity index (χ0v) is 15.7. The third-order valence-electron chi connectivity index (χ3n) is 5.49. The molecule has 2 amide bonds. The van der Waals surface area contributed by atoms with Crippen LogP contribution < -0.4 is 5.32 Å². The van der Waals surface area contributed by atoms with Gasteiger partial charge in [-0.3, -0.25) is 14.5 Å². The maximum Gasteiger partial charge on any atom is 0.244 e. The zero-order chi connectivity index (χ0) is 19.0. The molecule has 3 heterocycles. The standard InChI is InChI=1S/C19H24N6O2/c1-13-5-14(2)16(9-24-12-20-11-22-24)6-15(13)8-23-3-4-25-17(10-23)19(27)21-7-18(25)26/h5-6,11-12,17H,3-4,7-10H2,1-2H3,(H,21,27)/t17-/m0/s1. The van der Waals surface area contributed by atoms with E-state index in [4.69, 9.17) is 0 Å². The Labute approximate surface area is 158 Å². The highest BCUT2D eigenvalue weighted by Gasteiger charge is 2.38. The number of carbonyl (C=O) groups excluding carboxylic acids is 2. The van der Waals surface area contributed by atoms with Crippen LogP contribution in [0.25, 0.3) is 0 Å². The van der Waals surface area contributed by atoms with Gasteiger partial charge in [0.1, 0.15) is 18.7 Å². The lowest BCUT2D eigenvalue weighted by molar-refractivity contribution is -0.149. The first-order valence-corrected chi connectivity index (χ1v) is 9.22. The second kappa shape index (κ2) is 7.11. The molecule has 0 saturated carbocycles. The highest BCUT2D eigenvalue weighted by Crippen LogP contribution is 2.21. The second-order valence-electron chi connectivity index (χ2n) is 7.35. The van der Waals surface area contributed by atoms with E-state index in [0.29, 0.717) is 19.6 Å². The number of hydrogen-bond donors (Lipinski definition) is 1. The number of nitrogens with one attached hydrogen (secondary N) is 1. The fourth-order valence-electron chi connectivity index (χ4n) is 3.91. The number of carbonyl (C=O) groups is 2. The van der Waals surface area contributed by atoms with Crippen LogP contribution in [0.2, 0.25) is 0 Å². The number of aryl methyl sites for hydroxylation is 2. The van der Waals surface area contributed by atoms with Gasteiger partial charge in [-0.2, -0.15) is 5.10 Å². The third-order valence-corrected chi connectivity index (χ3v) is 5.49. The normalized spacial score (nSPS) is 20.5. The molecule has 0 spiro atoms. The molecule has 2 saturated heterocycles. The Hall–Kier alpha value is -2.74. The van der Waals surface area contributed by atoms with Crippen LogP contribution in [0.4, 0.5) is 0 Å². The van der Waals surface area contributed by atoms with E-state index in [1.165, 1.54) is 22.3 Å². The van der Waals surface area contributed by atoms with Gasteiger partial charge in [-0.25, -0.2) is 9.67 Å². The van der Waals surface area contributed by atoms with Crippen molar-refractivity contribution >= 4 is 11.8 Å². The molecule has 27 heavy (non-hydrogen) atoms. The number of nitrogens with zero attached hydrogens (tertiary/aromatic N) is 5. The molecule has 8 heteroatoms. The van der Waals surface area contributed by atoms with Crippen molar-refractivity contribution in [1.82, 2.24) is 29.9 Å². The Morgan fingerprint density at radius 2 is 1.89 bits per heavy atom. The zero-order valence-electron chi connectivity index (χ0n) is 15.7. The summed E-state index contributed by atoms with van der Waals surface area (Å²) in [5.74, 6) is -0.0346. The average Bonchev–Trinajstić information content (AvgIpc) is 3.15. The molecule has 142 valence electrons. The fraction of sp³-hybridized carbons (Fsp3) is 0.474. The molecular weight excluding hydrogens is 344 g/mol. The van der Waals surface area contributed by atoms with Gasteiger partial charge in [0.25, 0.3) is 0 Å². The first-order valence-electron chi connectivity index (χ1n) is 9.22. The van der Waals surface area contributed by atoms with Crippen molar-refractivity contribution in [1.29, 1.82) is 0 Å². The van der Waals surface area contributed by atoms with E-state index in [-0.39, 0.29) is 24.4 Å². The van der Waals surface area contributed by atoms with Gasteiger partial charge >= 0.3 is 0 Å². The van der Waals surface area contributed by atoms with Crippen molar-refractivity contribution in [2.45, 2.75) is 33.0 Å². The molecule has 0 aliphatic carbocycles. The van der Waals surface area contributed by atoms with E-state index in [2.05, 4.69) is 46.3 Å². The van der Waals surface area contributed by atoms with E-state index in [9.17, 15) is 9.59 Å². The molecule has 0 unspecified atom stereocenters. The minimum atomic E-state index is -0.375. The summed E-state index contributed by atoms with van der Waals surface area (Å²) in [4.78, 5) is 32.2. The predicted molar refractivity (Wildman–Crippen MR) is 98.8 cm³/mol. The van der Waals surface area contributed by atoms with E-state index in [1.807, 2.05) is 4.68 Å². The molecule has 1 N–H and O–H groups in total. The fourth-order valence-corrected chi connectivity index (χ4v) is 3.91. The molecule has 1 atom stereocenters. The van der Waals surface area contributed by atoms with Crippen molar-refractivity contribution < 1.29 is 9.59 Å². The number of rotatable bonds is 4. The summed E-state index contributed by atoms with van der Waals surface area (Å²) in [5, 5.41) is 6.89. The number of hydrogen-bond acceptors (Lipinski definition) is 5. The molecule has 2 aliphatic heterocycles. The molecule has 2 aromatic rings. The number of benzene rings is 1. The van der Waals surface area contributed by atoms with E-state index in [0.717, 1.165) is 13.1 Å². The number of piperazine rings is 2. The van der Waals surface area contributed by atoms with Crippen LogP contribution in [0.1, 0.15) is 22.3 Å². The Bertz CT molecular complexity index is 863. The molecular formula is C19H24N6O2. The van der Waals surface area contributed by atoms with Crippen LogP contribution in [0.5, 0.6) is 0 Å². The van der Waals surface area contributed by atoms with Crippen molar-refractivity contribution in [2.24, 2.45) is 0 Å². The molecule has 0 bridgehead atoms. The molecule has 1 aromatic heterocycles. The number of amides is 2. The first-order chi connectivity index (χ1) is 13.0. The van der Waals surface area contributed by atoms with Gasteiger partial charge < -0.3 is 10.2 Å². The molecule has 0 radical (unpaired) electrons. The molecule has 2 fully saturated rings. The second-order valence-corrected chi connectivity index (χ2v) is 7.35. The lowest BCUT2D eigenvalue weighted by Gasteiger charge is -2.43. The molecule has 4 rings (SSSR count). The summed E-state index contributed by atoms with van der Waals surface area (Å²) in [7, 11) is 0. The van der Waals surface area contributed by atoms with E-state index >= 15 is 0 Å². The lowest BCUT2D eigenvalue weighted by atomic mass is 9.98. The van der Waals surface area contributed by atoms with Gasteiger partial charge in [0, 0.05) is 26.2 Å². The summed E-state index contributed by atoms with van der Waals surface area (Å²) in [6.45, 7) is 7.76. The molecule has 2 aliphatic rings. The van der Waals surface area contributed by atoms with E-state index < -0.39 is 0 Å². The minimum Gasteiger partial charge on any atom is -0.345 e. The topological polar surface area (TPSA) is 83.4 Å². The monoisotopic (exact) mass is 368 g/mol. The van der Waals surface area contributed by atoms with Crippen LogP contribution in [0.15, 0.2) is 24.8 Å². The van der Waals surface area contributed by atoms with Gasteiger partial charge in [0.15, 0.2) is 0 Å². The highest BCUT2D eigenvalue weighted by molar-refractivity contribution is 5.95. The average molecular weight is 368 g/mol. The van der Waals surface area contributed by atoms with Crippen LogP contribution in [-0.4, -0.2) is 68.6 Å². The smallest absolute Gasteiger partial charge is 0.244 e. The number of aromatic nitrogens is 3. The SMILES string of the molecule is Cc1cc(C)c(Cn2cncn2)cc1CN1CCN2C(=O)CNC(=O)[C@@H]2C1. The quantitative estimate of drug-likeness (QED) is 0.827. The van der Waals surface area contributed by atoms with Gasteiger partial charge in [-0.1, -0.05) is 12.1 Å². The van der Waals surface area contributed by atoms with Gasteiger partial charge in [0.05, 0.1) is 13.1 Å². The van der Waals surface area contributed by atoms with Crippen LogP contribution in [-0.2, 0) is 22.7 Å². The van der Waals surface area contributed by atoms with Gasteiger partial charge in [0.2, 0.25) is 11.8 Å². The van der Waals surface area contributed by atoms with Crippen molar-refractivity contribution in [3.05, 3.63) is 47.0 Å². The summed E-state index contributed by atoms with van der Waals surface area (Å²) >= 11 is 0. The van der Waals surface area contributed by atoms with Gasteiger partial charge in [-0.15, -0.1) is 0 Å². The largest absolute Gasteiger partial charge is 0.345 e. The number of fused-ring (bicyclic) bond motifs is 1. The van der Waals surface area contributed by atoms with Crippen LogP contribution in [0.3, 0.4) is 0 Å². The highest BCUT2D eigenvalue weighted by atomic mass is 16.2. The maximum atomic E-state index is 12.2. The Balaban J connectivity index is 1.50. The van der Waals surface area contributed by atoms with Crippen molar-refractivity contribution in [2.75, 3.05) is 26.2 Å². The Morgan fingerprint density at radius 1 is 1.11 bits per heavy atom. The van der Waals surface area contributed by atoms with Crippen molar-refractivity contribution in [3.63, 3.8) is 0 Å². The first kappa shape index (κ1) is 17.7.